The Bertz CT molecular complexity index is 326. The average molecular weight is 204 g/mol. The van der Waals surface area contributed by atoms with Gasteiger partial charge in [-0.3, -0.25) is 0 Å². The first-order valence-corrected chi connectivity index (χ1v) is 3.98. The molecule has 3 nitrogen and oxygen atoms in total. The van der Waals surface area contributed by atoms with Crippen LogP contribution in [0.5, 0.6) is 11.5 Å². The fraction of sp³-hybridized carbons (Fsp3) is 0.333. The Labute approximate surface area is 79.2 Å². The van der Waals surface area contributed by atoms with E-state index in [-0.39, 0.29) is 5.75 Å². The summed E-state index contributed by atoms with van der Waals surface area (Å²) in [6.07, 6.45) is -0.788. The smallest absolute Gasteiger partial charge is 0.279 e. The van der Waals surface area contributed by atoms with Gasteiger partial charge in [0.25, 0.3) is 5.92 Å². The van der Waals surface area contributed by atoms with E-state index in [0.29, 0.717) is 0 Å². The number of alkyl halides is 2. The minimum atomic E-state index is -3.34. The molecule has 0 aliphatic carbocycles. The topological polar surface area (TPSA) is 60.7 Å². The van der Waals surface area contributed by atoms with Gasteiger partial charge in [0.2, 0.25) is 0 Å². The predicted octanol–water partition coefficient (Wildman–Crippen LogP) is 1.57. The second-order valence-corrected chi connectivity index (χ2v) is 2.88. The highest BCUT2D eigenvalue weighted by Crippen LogP contribution is 2.38. The van der Waals surface area contributed by atoms with Crippen molar-refractivity contribution in [2.24, 2.45) is 0 Å². The molecule has 0 unspecified atom stereocenters. The van der Waals surface area contributed by atoms with Crippen molar-refractivity contribution in [3.05, 3.63) is 23.8 Å². The van der Waals surface area contributed by atoms with E-state index in [2.05, 4.69) is 0 Å². The molecule has 0 saturated carbocycles. The van der Waals surface area contributed by atoms with Gasteiger partial charge < -0.3 is 15.3 Å². The molecule has 1 aromatic carbocycles. The van der Waals surface area contributed by atoms with Gasteiger partial charge >= 0.3 is 0 Å². The van der Waals surface area contributed by atoms with E-state index in [1.807, 2.05) is 0 Å². The number of benzene rings is 1. The van der Waals surface area contributed by atoms with Gasteiger partial charge in [-0.05, 0) is 18.2 Å². The van der Waals surface area contributed by atoms with Gasteiger partial charge in [0, 0.05) is 13.0 Å². The molecule has 5 heteroatoms. The van der Waals surface area contributed by atoms with Gasteiger partial charge in [0.15, 0.2) is 0 Å². The SMILES string of the molecule is OCCC(F)(F)c1cc(O)ccc1O. The maximum Gasteiger partial charge on any atom is 0.279 e. The summed E-state index contributed by atoms with van der Waals surface area (Å²) in [5.41, 5.74) is -0.674. The number of phenols is 2. The van der Waals surface area contributed by atoms with Crippen molar-refractivity contribution >= 4 is 0 Å². The van der Waals surface area contributed by atoms with E-state index >= 15 is 0 Å². The van der Waals surface area contributed by atoms with Crippen LogP contribution in [-0.4, -0.2) is 21.9 Å². The van der Waals surface area contributed by atoms with E-state index in [0.717, 1.165) is 18.2 Å². The molecule has 0 radical (unpaired) electrons. The lowest BCUT2D eigenvalue weighted by molar-refractivity contribution is -0.0288. The van der Waals surface area contributed by atoms with Crippen LogP contribution in [0.15, 0.2) is 18.2 Å². The molecule has 0 aromatic heterocycles. The second-order valence-electron chi connectivity index (χ2n) is 2.88. The van der Waals surface area contributed by atoms with Gasteiger partial charge in [0.1, 0.15) is 11.5 Å². The number of aliphatic hydroxyl groups is 1. The normalized spacial score (nSPS) is 11.6. The summed E-state index contributed by atoms with van der Waals surface area (Å²) in [5.74, 6) is -4.28. The standard InChI is InChI=1S/C9H10F2O3/c10-9(11,3-4-12)7-5-6(13)1-2-8(7)14/h1-2,5,12-14H,3-4H2. The molecule has 0 spiro atoms. The Morgan fingerprint density at radius 1 is 1.21 bits per heavy atom. The van der Waals surface area contributed by atoms with Crippen LogP contribution in [0.2, 0.25) is 0 Å². The molecule has 0 bridgehead atoms. The Morgan fingerprint density at radius 3 is 2.43 bits per heavy atom. The lowest BCUT2D eigenvalue weighted by Gasteiger charge is -2.16. The quantitative estimate of drug-likeness (QED) is 0.655. The summed E-state index contributed by atoms with van der Waals surface area (Å²) in [6, 6.07) is 2.87. The average Bonchev–Trinajstić information content (AvgIpc) is 2.09. The first kappa shape index (κ1) is 10.7. The minimum Gasteiger partial charge on any atom is -0.508 e. The van der Waals surface area contributed by atoms with Crippen LogP contribution >= 0.6 is 0 Å². The number of hydrogen-bond donors (Lipinski definition) is 3. The summed E-state index contributed by atoms with van der Waals surface area (Å²) in [7, 11) is 0. The zero-order valence-electron chi connectivity index (χ0n) is 7.24. The summed E-state index contributed by atoms with van der Waals surface area (Å²) < 4.78 is 26.3. The van der Waals surface area contributed by atoms with Crippen LogP contribution in [0.3, 0.4) is 0 Å². The highest BCUT2D eigenvalue weighted by molar-refractivity contribution is 5.41. The highest BCUT2D eigenvalue weighted by Gasteiger charge is 2.33. The maximum absolute atomic E-state index is 13.2. The van der Waals surface area contributed by atoms with Crippen LogP contribution in [0.25, 0.3) is 0 Å². The van der Waals surface area contributed by atoms with E-state index in [1.165, 1.54) is 0 Å². The van der Waals surface area contributed by atoms with E-state index in [1.54, 1.807) is 0 Å². The first-order valence-electron chi connectivity index (χ1n) is 3.98. The molecular formula is C9H10F2O3. The molecule has 0 aliphatic heterocycles. The fourth-order valence-electron chi connectivity index (χ4n) is 1.09. The highest BCUT2D eigenvalue weighted by atomic mass is 19.3. The van der Waals surface area contributed by atoms with Gasteiger partial charge in [-0.25, -0.2) is 8.78 Å². The molecule has 0 fully saturated rings. The third-order valence-corrected chi connectivity index (χ3v) is 1.80. The molecule has 0 aliphatic rings. The fourth-order valence-corrected chi connectivity index (χ4v) is 1.09. The van der Waals surface area contributed by atoms with Crippen molar-refractivity contribution in [3.8, 4) is 11.5 Å². The lowest BCUT2D eigenvalue weighted by Crippen LogP contribution is -2.15. The molecular weight excluding hydrogens is 194 g/mol. The monoisotopic (exact) mass is 204 g/mol. The summed E-state index contributed by atoms with van der Waals surface area (Å²) in [5, 5.41) is 26.5. The van der Waals surface area contributed by atoms with Crippen molar-refractivity contribution in [2.75, 3.05) is 6.61 Å². The van der Waals surface area contributed by atoms with Gasteiger partial charge in [-0.1, -0.05) is 0 Å². The largest absolute Gasteiger partial charge is 0.508 e. The zero-order valence-corrected chi connectivity index (χ0v) is 7.24. The van der Waals surface area contributed by atoms with Crippen LogP contribution < -0.4 is 0 Å². The van der Waals surface area contributed by atoms with Crippen molar-refractivity contribution in [1.29, 1.82) is 0 Å². The van der Waals surface area contributed by atoms with Crippen LogP contribution in [0.4, 0.5) is 8.78 Å². The Balaban J connectivity index is 3.10. The second kappa shape index (κ2) is 3.79. The third kappa shape index (κ3) is 2.11. The summed E-state index contributed by atoms with van der Waals surface area (Å²) in [4.78, 5) is 0. The molecule has 1 rings (SSSR count). The predicted molar refractivity (Wildman–Crippen MR) is 45.4 cm³/mol. The van der Waals surface area contributed by atoms with Crippen molar-refractivity contribution in [1.82, 2.24) is 0 Å². The lowest BCUT2D eigenvalue weighted by atomic mass is 10.0. The molecule has 14 heavy (non-hydrogen) atoms. The van der Waals surface area contributed by atoms with Gasteiger partial charge in [-0.15, -0.1) is 0 Å². The number of aromatic hydroxyl groups is 2. The first-order chi connectivity index (χ1) is 6.47. The Morgan fingerprint density at radius 2 is 1.86 bits per heavy atom. The van der Waals surface area contributed by atoms with Crippen molar-refractivity contribution in [3.63, 3.8) is 0 Å². The molecule has 3 N–H and O–H groups in total. The molecule has 0 atom stereocenters. The van der Waals surface area contributed by atoms with Crippen LogP contribution in [-0.2, 0) is 5.92 Å². The molecule has 1 aromatic rings. The number of hydrogen-bond acceptors (Lipinski definition) is 3. The summed E-state index contributed by atoms with van der Waals surface area (Å²) in [6.45, 7) is -0.692. The third-order valence-electron chi connectivity index (χ3n) is 1.80. The van der Waals surface area contributed by atoms with Crippen LogP contribution in [0, 0.1) is 0 Å². The molecule has 0 heterocycles. The van der Waals surface area contributed by atoms with E-state index < -0.39 is 30.3 Å². The zero-order chi connectivity index (χ0) is 10.8. The van der Waals surface area contributed by atoms with Crippen molar-refractivity contribution in [2.45, 2.75) is 12.3 Å². The number of halogens is 2. The maximum atomic E-state index is 13.2. The number of rotatable bonds is 3. The van der Waals surface area contributed by atoms with Gasteiger partial charge in [0.05, 0.1) is 5.56 Å². The van der Waals surface area contributed by atoms with Crippen molar-refractivity contribution < 1.29 is 24.1 Å². The minimum absolute atomic E-state index is 0.351. The van der Waals surface area contributed by atoms with Crippen LogP contribution in [0.1, 0.15) is 12.0 Å². The number of aliphatic hydroxyl groups excluding tert-OH is 1. The van der Waals surface area contributed by atoms with Gasteiger partial charge in [-0.2, -0.15) is 0 Å². The van der Waals surface area contributed by atoms with E-state index in [9.17, 15) is 8.78 Å². The molecule has 0 amide bonds. The Kier molecular flexibility index (Phi) is 2.90. The van der Waals surface area contributed by atoms with E-state index in [4.69, 9.17) is 15.3 Å². The number of phenolic OH excluding ortho intramolecular Hbond substituents is 2. The molecule has 78 valence electrons. The Hall–Kier alpha value is -1.36. The molecule has 0 saturated heterocycles. The summed E-state index contributed by atoms with van der Waals surface area (Å²) >= 11 is 0.